The molecule has 3 N–H and O–H groups in total. The van der Waals surface area contributed by atoms with Crippen molar-refractivity contribution in [3.8, 4) is 12.3 Å². The van der Waals surface area contributed by atoms with E-state index in [2.05, 4.69) is 11.2 Å². The Morgan fingerprint density at radius 2 is 2.27 bits per heavy atom. The number of amides is 1. The van der Waals surface area contributed by atoms with E-state index in [0.29, 0.717) is 13.0 Å². The van der Waals surface area contributed by atoms with Crippen LogP contribution < -0.4 is 11.1 Å². The van der Waals surface area contributed by atoms with Gasteiger partial charge in [-0.3, -0.25) is 4.79 Å². The minimum Gasteiger partial charge on any atom is -0.385 e. The summed E-state index contributed by atoms with van der Waals surface area (Å²) in [6.45, 7) is 4.12. The van der Waals surface area contributed by atoms with Crippen molar-refractivity contribution in [3.63, 3.8) is 0 Å². The third-order valence-corrected chi connectivity index (χ3v) is 2.00. The van der Waals surface area contributed by atoms with Gasteiger partial charge in [0.1, 0.15) is 0 Å². The van der Waals surface area contributed by atoms with Crippen molar-refractivity contribution in [3.05, 3.63) is 0 Å². The summed E-state index contributed by atoms with van der Waals surface area (Å²) in [6.07, 6.45) is 6.61. The normalized spacial score (nSPS) is 13.0. The molecule has 0 aromatic carbocycles. The maximum absolute atomic E-state index is 11.5. The predicted molar refractivity (Wildman–Crippen MR) is 60.1 cm³/mol. The van der Waals surface area contributed by atoms with Crippen molar-refractivity contribution in [1.82, 2.24) is 5.32 Å². The fourth-order valence-corrected chi connectivity index (χ4v) is 1.02. The molecule has 86 valence electrons. The van der Waals surface area contributed by atoms with Crippen molar-refractivity contribution in [2.45, 2.75) is 38.3 Å². The van der Waals surface area contributed by atoms with E-state index >= 15 is 0 Å². The van der Waals surface area contributed by atoms with Crippen LogP contribution in [0.15, 0.2) is 0 Å². The lowest BCUT2D eigenvalue weighted by Crippen LogP contribution is -2.49. The summed E-state index contributed by atoms with van der Waals surface area (Å²) >= 11 is 0. The Bertz CT molecular complexity index is 243. The molecule has 0 bridgehead atoms. The highest BCUT2D eigenvalue weighted by Gasteiger charge is 2.21. The van der Waals surface area contributed by atoms with Gasteiger partial charge < -0.3 is 15.8 Å². The first-order chi connectivity index (χ1) is 6.93. The average molecular weight is 212 g/mol. The molecule has 0 aliphatic heterocycles. The van der Waals surface area contributed by atoms with Crippen LogP contribution in [0.1, 0.15) is 26.7 Å². The first kappa shape index (κ1) is 13.9. The Morgan fingerprint density at radius 1 is 1.67 bits per heavy atom. The van der Waals surface area contributed by atoms with Gasteiger partial charge in [-0.25, -0.2) is 0 Å². The van der Waals surface area contributed by atoms with Gasteiger partial charge in [0.25, 0.3) is 0 Å². The molecule has 4 heteroatoms. The van der Waals surface area contributed by atoms with E-state index in [-0.39, 0.29) is 5.91 Å². The second kappa shape index (κ2) is 6.44. The van der Waals surface area contributed by atoms with Crippen LogP contribution in [-0.4, -0.2) is 31.2 Å². The highest BCUT2D eigenvalue weighted by Crippen LogP contribution is 2.01. The first-order valence-electron chi connectivity index (χ1n) is 4.97. The van der Waals surface area contributed by atoms with E-state index in [0.717, 1.165) is 6.42 Å². The van der Waals surface area contributed by atoms with Crippen LogP contribution in [0.5, 0.6) is 0 Å². The molecular weight excluding hydrogens is 192 g/mol. The molecule has 1 unspecified atom stereocenters. The summed E-state index contributed by atoms with van der Waals surface area (Å²) in [5, 5.41) is 2.69. The Labute approximate surface area is 91.6 Å². The maximum atomic E-state index is 11.5. The van der Waals surface area contributed by atoms with Gasteiger partial charge in [-0.2, -0.15) is 0 Å². The number of nitrogens with one attached hydrogen (secondary N) is 1. The van der Waals surface area contributed by atoms with Gasteiger partial charge in [0, 0.05) is 13.7 Å². The number of methoxy groups -OCH3 is 1. The molecule has 0 aromatic heterocycles. The molecule has 0 spiro atoms. The fourth-order valence-electron chi connectivity index (χ4n) is 1.02. The zero-order chi connectivity index (χ0) is 11.9. The number of hydrogen-bond donors (Lipinski definition) is 2. The SMILES string of the molecule is C#CC(C)(C)NC(=O)C(N)CCCOC. The second-order valence-electron chi connectivity index (χ2n) is 4.00. The highest BCUT2D eigenvalue weighted by atomic mass is 16.5. The van der Waals surface area contributed by atoms with E-state index in [4.69, 9.17) is 16.9 Å². The summed E-state index contributed by atoms with van der Waals surface area (Å²) in [5.74, 6) is 2.27. The quantitative estimate of drug-likeness (QED) is 0.490. The van der Waals surface area contributed by atoms with E-state index < -0.39 is 11.6 Å². The standard InChI is InChI=1S/C11H20N2O2/c1-5-11(2,3)13-10(14)9(12)7-6-8-15-4/h1,9H,6-8,12H2,2-4H3,(H,13,14). The van der Waals surface area contributed by atoms with Crippen LogP contribution in [0.3, 0.4) is 0 Å². The van der Waals surface area contributed by atoms with Gasteiger partial charge in [-0.1, -0.05) is 5.92 Å². The number of carbonyl (C=O) groups excluding carboxylic acids is 1. The van der Waals surface area contributed by atoms with Crippen molar-refractivity contribution >= 4 is 5.91 Å². The molecule has 1 atom stereocenters. The molecule has 0 fully saturated rings. The number of hydrogen-bond acceptors (Lipinski definition) is 3. The molecule has 0 rings (SSSR count). The van der Waals surface area contributed by atoms with Crippen LogP contribution in [0.25, 0.3) is 0 Å². The zero-order valence-electron chi connectivity index (χ0n) is 9.67. The summed E-state index contributed by atoms with van der Waals surface area (Å²) < 4.78 is 4.87. The molecular formula is C11H20N2O2. The molecule has 4 nitrogen and oxygen atoms in total. The third kappa shape index (κ3) is 6.10. The van der Waals surface area contributed by atoms with Crippen molar-refractivity contribution in [2.24, 2.45) is 5.73 Å². The molecule has 0 saturated carbocycles. The molecule has 0 heterocycles. The van der Waals surface area contributed by atoms with Crippen LogP contribution in [0, 0.1) is 12.3 Å². The smallest absolute Gasteiger partial charge is 0.238 e. The van der Waals surface area contributed by atoms with Gasteiger partial charge in [0.05, 0.1) is 11.6 Å². The number of ether oxygens (including phenoxy) is 1. The predicted octanol–water partition coefficient (Wildman–Crippen LogP) is 0.268. The summed E-state index contributed by atoms with van der Waals surface area (Å²) in [4.78, 5) is 11.5. The molecule has 1 amide bonds. The number of terminal acetylenes is 1. The van der Waals surface area contributed by atoms with Crippen molar-refractivity contribution < 1.29 is 9.53 Å². The molecule has 0 aliphatic rings. The van der Waals surface area contributed by atoms with E-state index in [1.807, 2.05) is 0 Å². The number of nitrogens with two attached hydrogens (primary N) is 1. The maximum Gasteiger partial charge on any atom is 0.238 e. The van der Waals surface area contributed by atoms with Crippen LogP contribution in [0.4, 0.5) is 0 Å². The lowest BCUT2D eigenvalue weighted by molar-refractivity contribution is -0.123. The highest BCUT2D eigenvalue weighted by molar-refractivity contribution is 5.82. The Morgan fingerprint density at radius 3 is 2.73 bits per heavy atom. The topological polar surface area (TPSA) is 64.4 Å². The first-order valence-corrected chi connectivity index (χ1v) is 4.97. The number of rotatable bonds is 6. The lowest BCUT2D eigenvalue weighted by Gasteiger charge is -2.22. The van der Waals surface area contributed by atoms with Gasteiger partial charge in [0.2, 0.25) is 5.91 Å². The Kier molecular flexibility index (Phi) is 5.99. The summed E-state index contributed by atoms with van der Waals surface area (Å²) in [7, 11) is 1.62. The molecule has 0 saturated heterocycles. The second-order valence-corrected chi connectivity index (χ2v) is 4.00. The van der Waals surface area contributed by atoms with Crippen LogP contribution in [0.2, 0.25) is 0 Å². The average Bonchev–Trinajstić information content (AvgIpc) is 2.17. The van der Waals surface area contributed by atoms with Gasteiger partial charge in [0.15, 0.2) is 0 Å². The molecule has 15 heavy (non-hydrogen) atoms. The van der Waals surface area contributed by atoms with E-state index in [1.165, 1.54) is 0 Å². The number of carbonyl (C=O) groups is 1. The molecule has 0 radical (unpaired) electrons. The zero-order valence-corrected chi connectivity index (χ0v) is 9.67. The van der Waals surface area contributed by atoms with E-state index in [9.17, 15) is 4.79 Å². The third-order valence-electron chi connectivity index (χ3n) is 2.00. The monoisotopic (exact) mass is 212 g/mol. The van der Waals surface area contributed by atoms with E-state index in [1.54, 1.807) is 21.0 Å². The largest absolute Gasteiger partial charge is 0.385 e. The van der Waals surface area contributed by atoms with Crippen molar-refractivity contribution in [2.75, 3.05) is 13.7 Å². The minimum absolute atomic E-state index is 0.214. The van der Waals surface area contributed by atoms with Gasteiger partial charge in [-0.15, -0.1) is 6.42 Å². The van der Waals surface area contributed by atoms with Crippen LogP contribution in [-0.2, 0) is 9.53 Å². The lowest BCUT2D eigenvalue weighted by atomic mass is 10.1. The van der Waals surface area contributed by atoms with Crippen molar-refractivity contribution in [1.29, 1.82) is 0 Å². The van der Waals surface area contributed by atoms with Crippen LogP contribution >= 0.6 is 0 Å². The fraction of sp³-hybridized carbons (Fsp3) is 0.727. The molecule has 0 aromatic rings. The minimum atomic E-state index is -0.643. The van der Waals surface area contributed by atoms with Gasteiger partial charge in [-0.05, 0) is 26.7 Å². The summed E-state index contributed by atoms with van der Waals surface area (Å²) in [6, 6.07) is -0.521. The Hall–Kier alpha value is -1.05. The summed E-state index contributed by atoms with van der Waals surface area (Å²) in [5.41, 5.74) is 5.04. The van der Waals surface area contributed by atoms with Gasteiger partial charge >= 0.3 is 0 Å². The Balaban J connectivity index is 3.95. The molecule has 0 aliphatic carbocycles.